The number of hydrogen-bond donors (Lipinski definition) is 11. The first-order chi connectivity index (χ1) is 24.9. The molecule has 6 atom stereocenters. The van der Waals surface area contributed by atoms with Crippen molar-refractivity contribution in [3.63, 3.8) is 0 Å². The van der Waals surface area contributed by atoms with Crippen molar-refractivity contribution in [2.45, 2.75) is 95.0 Å². The molecule has 14 N–H and O–H groups in total. The molecule has 1 aliphatic heterocycles. The van der Waals surface area contributed by atoms with Gasteiger partial charge in [-0.05, 0) is 55.7 Å². The van der Waals surface area contributed by atoms with Crippen LogP contribution in [0.4, 0.5) is 0 Å². The molecule has 1 aromatic rings. The van der Waals surface area contributed by atoms with Crippen LogP contribution in [0, 0.1) is 5.92 Å². The van der Waals surface area contributed by atoms with Crippen molar-refractivity contribution in [1.29, 1.82) is 0 Å². The van der Waals surface area contributed by atoms with E-state index >= 15 is 0 Å². The largest absolute Gasteiger partial charge is 0.508 e. The van der Waals surface area contributed by atoms with Gasteiger partial charge < -0.3 is 63.8 Å². The molecule has 0 saturated carbocycles. The van der Waals surface area contributed by atoms with Crippen LogP contribution in [0.3, 0.4) is 0 Å². The van der Waals surface area contributed by atoms with Gasteiger partial charge in [-0.25, -0.2) is 4.79 Å². The van der Waals surface area contributed by atoms with Gasteiger partial charge in [0, 0.05) is 25.9 Å². The maximum Gasteiger partial charge on any atom is 0.326 e. The molecule has 5 amide bonds. The van der Waals surface area contributed by atoms with Crippen LogP contribution >= 0.6 is 0 Å². The Morgan fingerprint density at radius 2 is 1.43 bits per heavy atom. The van der Waals surface area contributed by atoms with Crippen molar-refractivity contribution in [2.24, 2.45) is 28.1 Å². The number of aromatic hydroxyl groups is 1. The Morgan fingerprint density at radius 3 is 1.96 bits per heavy atom. The minimum atomic E-state index is -1.62. The number of likely N-dealkylation sites (tertiary alicyclic amines) is 1. The summed E-state index contributed by atoms with van der Waals surface area (Å²) in [5.74, 6) is -7.40. The second-order valence-electron chi connectivity index (χ2n) is 13.0. The number of aliphatic hydroxyl groups is 1. The topological polar surface area (TPSA) is 342 Å². The van der Waals surface area contributed by atoms with Gasteiger partial charge in [0.05, 0.1) is 12.6 Å². The lowest BCUT2D eigenvalue weighted by Gasteiger charge is -2.29. The standard InChI is InChI=1S/C33H51N9O11/c1-17(2)26(34)31(51)42-14-4-6-24(42)30(50)41-23(16-43)29(49)39-21(11-12-25(45)46)28(48)38-20(5-3-13-37-33(35)36)27(47)40-22(32(52)53)15-18-7-9-19(44)10-8-18/h7-10,17,20-24,26,43-44H,3-6,11-16,34H2,1-2H3,(H,38,48)(H,39,49)(H,40,47)(H,41,50)(H,45,46)(H,52,53)(H4,35,36,37)/t20-,21-,22-,23-,24-,26-/m0/s1. The van der Waals surface area contributed by atoms with Crippen LogP contribution in [-0.4, -0.2) is 129 Å². The van der Waals surface area contributed by atoms with Gasteiger partial charge in [0.2, 0.25) is 29.5 Å². The molecule has 1 aliphatic rings. The predicted octanol–water partition coefficient (Wildman–Crippen LogP) is -3.16. The van der Waals surface area contributed by atoms with E-state index in [9.17, 15) is 54.0 Å². The quantitative estimate of drug-likeness (QED) is 0.0336. The van der Waals surface area contributed by atoms with Gasteiger partial charge in [-0.2, -0.15) is 0 Å². The number of rotatable bonds is 21. The molecule has 1 fully saturated rings. The Balaban J connectivity index is 2.24. The number of aliphatic hydroxyl groups excluding tert-OH is 1. The number of nitrogens with zero attached hydrogens (tertiary/aromatic N) is 2. The van der Waals surface area contributed by atoms with Gasteiger partial charge in [0.15, 0.2) is 5.96 Å². The van der Waals surface area contributed by atoms with E-state index in [0.717, 1.165) is 0 Å². The number of nitrogens with two attached hydrogens (primary N) is 3. The number of carbonyl (C=O) groups is 7. The van der Waals surface area contributed by atoms with E-state index in [0.29, 0.717) is 12.0 Å². The first kappa shape index (κ1) is 43.7. The van der Waals surface area contributed by atoms with Crippen LogP contribution in [-0.2, 0) is 40.0 Å². The molecule has 1 heterocycles. The zero-order valence-electron chi connectivity index (χ0n) is 29.7. The molecule has 20 nitrogen and oxygen atoms in total. The molecule has 53 heavy (non-hydrogen) atoms. The summed E-state index contributed by atoms with van der Waals surface area (Å²) in [6, 6.07) is -2.31. The summed E-state index contributed by atoms with van der Waals surface area (Å²) in [5.41, 5.74) is 17.2. The van der Waals surface area contributed by atoms with Gasteiger partial charge in [0.1, 0.15) is 36.0 Å². The van der Waals surface area contributed by atoms with Crippen molar-refractivity contribution < 1.29 is 54.0 Å². The molecule has 1 aromatic carbocycles. The molecule has 2 rings (SSSR count). The van der Waals surface area contributed by atoms with Crippen molar-refractivity contribution in [1.82, 2.24) is 26.2 Å². The molecule has 0 aromatic heterocycles. The number of aliphatic imine (C=N–C) groups is 1. The molecule has 1 saturated heterocycles. The van der Waals surface area contributed by atoms with Crippen LogP contribution in [0.2, 0.25) is 0 Å². The highest BCUT2D eigenvalue weighted by Crippen LogP contribution is 2.20. The van der Waals surface area contributed by atoms with E-state index in [4.69, 9.17) is 17.2 Å². The fourth-order valence-electron chi connectivity index (χ4n) is 5.44. The van der Waals surface area contributed by atoms with E-state index < -0.39 is 97.2 Å². The number of guanidine groups is 1. The minimum absolute atomic E-state index is 0.0301. The summed E-state index contributed by atoms with van der Waals surface area (Å²) in [7, 11) is 0. The van der Waals surface area contributed by atoms with Crippen LogP contribution in [0.25, 0.3) is 0 Å². The summed E-state index contributed by atoms with van der Waals surface area (Å²) in [6.07, 6.45) is -0.496. The Labute approximate surface area is 305 Å². The van der Waals surface area contributed by atoms with E-state index in [1.54, 1.807) is 13.8 Å². The Bertz CT molecular complexity index is 1480. The van der Waals surface area contributed by atoms with Crippen molar-refractivity contribution in [3.05, 3.63) is 29.8 Å². The molecular weight excluding hydrogens is 698 g/mol. The van der Waals surface area contributed by atoms with Gasteiger partial charge in [0.25, 0.3) is 0 Å². The molecular formula is C33H51N9O11. The maximum absolute atomic E-state index is 13.6. The Kier molecular flexibility index (Phi) is 17.4. The number of phenols is 1. The normalized spacial score (nSPS) is 16.7. The molecule has 0 unspecified atom stereocenters. The third-order valence-electron chi connectivity index (χ3n) is 8.51. The number of nitrogens with one attached hydrogen (secondary N) is 4. The van der Waals surface area contributed by atoms with Gasteiger partial charge in [-0.3, -0.25) is 33.8 Å². The molecule has 0 radical (unpaired) electrons. The lowest BCUT2D eigenvalue weighted by molar-refractivity contribution is -0.142. The number of amides is 5. The van der Waals surface area contributed by atoms with E-state index in [1.807, 2.05) is 0 Å². The van der Waals surface area contributed by atoms with Gasteiger partial charge >= 0.3 is 11.9 Å². The second kappa shape index (κ2) is 21.1. The summed E-state index contributed by atoms with van der Waals surface area (Å²) >= 11 is 0. The van der Waals surface area contributed by atoms with Crippen molar-refractivity contribution in [2.75, 3.05) is 19.7 Å². The molecule has 0 spiro atoms. The van der Waals surface area contributed by atoms with E-state index in [-0.39, 0.29) is 56.4 Å². The smallest absolute Gasteiger partial charge is 0.326 e. The van der Waals surface area contributed by atoms with Gasteiger partial charge in [-0.1, -0.05) is 26.0 Å². The SMILES string of the molecule is CC(C)[C@H](N)C(=O)N1CCC[C@H]1C(=O)N[C@@H](CO)C(=O)N[C@@H](CCC(=O)O)C(=O)N[C@@H](CCCN=C(N)N)C(=O)N[C@@H](Cc1ccc(O)cc1)C(=O)O. The molecule has 0 aliphatic carbocycles. The summed E-state index contributed by atoms with van der Waals surface area (Å²) in [5, 5.41) is 48.2. The predicted molar refractivity (Wildman–Crippen MR) is 189 cm³/mol. The number of carboxylic acid groups (broad SMARTS) is 2. The average Bonchev–Trinajstić information content (AvgIpc) is 3.60. The lowest BCUT2D eigenvalue weighted by Crippen LogP contribution is -2.60. The van der Waals surface area contributed by atoms with Crippen LogP contribution in [0.15, 0.2) is 29.3 Å². The van der Waals surface area contributed by atoms with Crippen LogP contribution < -0.4 is 38.5 Å². The Hall–Kier alpha value is -5.50. The maximum atomic E-state index is 13.6. The minimum Gasteiger partial charge on any atom is -0.508 e. The number of hydrogen-bond acceptors (Lipinski definition) is 11. The highest BCUT2D eigenvalue weighted by atomic mass is 16.4. The zero-order chi connectivity index (χ0) is 39.8. The molecule has 0 bridgehead atoms. The lowest BCUT2D eigenvalue weighted by atomic mass is 10.0. The molecule has 20 heteroatoms. The monoisotopic (exact) mass is 749 g/mol. The summed E-state index contributed by atoms with van der Waals surface area (Å²) in [4.78, 5) is 95.0. The number of aliphatic carboxylic acids is 2. The first-order valence-corrected chi connectivity index (χ1v) is 17.1. The highest BCUT2D eigenvalue weighted by molar-refractivity contribution is 5.96. The zero-order valence-corrected chi connectivity index (χ0v) is 29.7. The van der Waals surface area contributed by atoms with E-state index in [2.05, 4.69) is 26.3 Å². The highest BCUT2D eigenvalue weighted by Gasteiger charge is 2.39. The first-order valence-electron chi connectivity index (χ1n) is 17.1. The number of carboxylic acids is 2. The number of benzene rings is 1. The van der Waals surface area contributed by atoms with Gasteiger partial charge in [-0.15, -0.1) is 0 Å². The third kappa shape index (κ3) is 14.2. The fourth-order valence-corrected chi connectivity index (χ4v) is 5.44. The Morgan fingerprint density at radius 1 is 0.868 bits per heavy atom. The summed E-state index contributed by atoms with van der Waals surface area (Å²) in [6.45, 7) is 2.87. The molecule has 294 valence electrons. The average molecular weight is 750 g/mol. The van der Waals surface area contributed by atoms with Crippen molar-refractivity contribution >= 4 is 47.4 Å². The fraction of sp³-hybridized carbons (Fsp3) is 0.576. The second-order valence-corrected chi connectivity index (χ2v) is 13.0. The third-order valence-corrected chi connectivity index (χ3v) is 8.51. The van der Waals surface area contributed by atoms with Crippen molar-refractivity contribution in [3.8, 4) is 5.75 Å². The van der Waals surface area contributed by atoms with Crippen LogP contribution in [0.5, 0.6) is 5.75 Å². The number of carbonyl (C=O) groups excluding carboxylic acids is 5. The van der Waals surface area contributed by atoms with E-state index in [1.165, 1.54) is 29.2 Å². The van der Waals surface area contributed by atoms with Crippen LogP contribution in [0.1, 0.15) is 57.9 Å². The number of phenolic OH excluding ortho intramolecular Hbond substituents is 1. The summed E-state index contributed by atoms with van der Waals surface area (Å²) < 4.78 is 0.